The van der Waals surface area contributed by atoms with Gasteiger partial charge >= 0.3 is 0 Å². The number of halogens is 2. The van der Waals surface area contributed by atoms with E-state index < -0.39 is 11.6 Å². The van der Waals surface area contributed by atoms with Crippen molar-refractivity contribution in [2.24, 2.45) is 7.05 Å². The number of benzene rings is 1. The smallest absolute Gasteiger partial charge is 0.130 e. The van der Waals surface area contributed by atoms with Gasteiger partial charge in [0.1, 0.15) is 11.6 Å². The van der Waals surface area contributed by atoms with Crippen LogP contribution in [0.3, 0.4) is 0 Å². The molecule has 1 aromatic heterocycles. The molecule has 0 aliphatic carbocycles. The average molecular weight is 265 g/mol. The maximum Gasteiger partial charge on any atom is 0.130 e. The predicted molar refractivity (Wildman–Crippen MR) is 69.7 cm³/mol. The maximum absolute atomic E-state index is 13.8. The van der Waals surface area contributed by atoms with Crippen LogP contribution < -0.4 is 5.32 Å². The van der Waals surface area contributed by atoms with Crippen LogP contribution in [0.4, 0.5) is 8.78 Å². The molecule has 1 heterocycles. The van der Waals surface area contributed by atoms with Crippen molar-refractivity contribution in [1.29, 1.82) is 0 Å². The van der Waals surface area contributed by atoms with Gasteiger partial charge in [-0.3, -0.25) is 4.68 Å². The first-order valence-corrected chi connectivity index (χ1v) is 6.27. The SMILES string of the molecule is CCNC(Cc1ccn(C)n1)c1ccc(F)cc1F. The summed E-state index contributed by atoms with van der Waals surface area (Å²) in [5, 5.41) is 7.49. The summed E-state index contributed by atoms with van der Waals surface area (Å²) in [6.45, 7) is 2.65. The van der Waals surface area contributed by atoms with Gasteiger partial charge in [0, 0.05) is 37.3 Å². The maximum atomic E-state index is 13.8. The second-order valence-corrected chi connectivity index (χ2v) is 4.46. The molecular formula is C14H17F2N3. The van der Waals surface area contributed by atoms with Crippen molar-refractivity contribution in [2.45, 2.75) is 19.4 Å². The Balaban J connectivity index is 2.23. The summed E-state index contributed by atoms with van der Waals surface area (Å²) in [5.41, 5.74) is 1.34. The van der Waals surface area contributed by atoms with E-state index in [1.807, 2.05) is 26.2 Å². The van der Waals surface area contributed by atoms with Crippen molar-refractivity contribution in [3.63, 3.8) is 0 Å². The number of hydrogen-bond donors (Lipinski definition) is 1. The van der Waals surface area contributed by atoms with E-state index in [2.05, 4.69) is 10.4 Å². The van der Waals surface area contributed by atoms with Crippen LogP contribution in [0.5, 0.6) is 0 Å². The molecule has 5 heteroatoms. The minimum Gasteiger partial charge on any atom is -0.310 e. The van der Waals surface area contributed by atoms with Crippen LogP contribution in [0.15, 0.2) is 30.5 Å². The molecule has 0 saturated carbocycles. The summed E-state index contributed by atoms with van der Waals surface area (Å²) >= 11 is 0. The van der Waals surface area contributed by atoms with Crippen molar-refractivity contribution in [2.75, 3.05) is 6.54 Å². The zero-order chi connectivity index (χ0) is 13.8. The third-order valence-corrected chi connectivity index (χ3v) is 2.97. The second-order valence-electron chi connectivity index (χ2n) is 4.46. The Bertz CT molecular complexity index is 551. The first-order chi connectivity index (χ1) is 9.10. The summed E-state index contributed by atoms with van der Waals surface area (Å²) in [6, 6.07) is 5.37. The number of rotatable bonds is 5. The van der Waals surface area contributed by atoms with Gasteiger partial charge < -0.3 is 5.32 Å². The Hall–Kier alpha value is -1.75. The van der Waals surface area contributed by atoms with Gasteiger partial charge in [0.25, 0.3) is 0 Å². The van der Waals surface area contributed by atoms with Crippen molar-refractivity contribution in [3.05, 3.63) is 53.4 Å². The summed E-state index contributed by atoms with van der Waals surface area (Å²) in [4.78, 5) is 0. The van der Waals surface area contributed by atoms with Crippen molar-refractivity contribution < 1.29 is 8.78 Å². The molecule has 1 N–H and O–H groups in total. The van der Waals surface area contributed by atoms with Gasteiger partial charge in [-0.2, -0.15) is 5.10 Å². The highest BCUT2D eigenvalue weighted by molar-refractivity contribution is 5.23. The van der Waals surface area contributed by atoms with E-state index in [0.717, 1.165) is 11.8 Å². The van der Waals surface area contributed by atoms with Gasteiger partial charge in [0.15, 0.2) is 0 Å². The van der Waals surface area contributed by atoms with E-state index in [1.54, 1.807) is 4.68 Å². The molecule has 2 rings (SSSR count). The van der Waals surface area contributed by atoms with E-state index in [1.165, 1.54) is 12.1 Å². The lowest BCUT2D eigenvalue weighted by Gasteiger charge is -2.18. The Morgan fingerprint density at radius 3 is 2.68 bits per heavy atom. The number of aromatic nitrogens is 2. The molecule has 2 aromatic rings. The van der Waals surface area contributed by atoms with Crippen LogP contribution in [0.2, 0.25) is 0 Å². The highest BCUT2D eigenvalue weighted by Gasteiger charge is 2.17. The fourth-order valence-corrected chi connectivity index (χ4v) is 2.10. The summed E-state index contributed by atoms with van der Waals surface area (Å²) in [5.74, 6) is -1.09. The normalized spacial score (nSPS) is 12.6. The number of hydrogen-bond acceptors (Lipinski definition) is 2. The molecule has 0 spiro atoms. The molecule has 19 heavy (non-hydrogen) atoms. The standard InChI is InChI=1S/C14H17F2N3/c1-3-17-14(9-11-6-7-19(2)18-11)12-5-4-10(15)8-13(12)16/h4-8,14,17H,3,9H2,1-2H3. The van der Waals surface area contributed by atoms with E-state index in [0.29, 0.717) is 18.5 Å². The molecule has 0 amide bonds. The molecule has 0 bridgehead atoms. The topological polar surface area (TPSA) is 29.9 Å². The van der Waals surface area contributed by atoms with Crippen LogP contribution in [-0.2, 0) is 13.5 Å². The van der Waals surface area contributed by atoms with Gasteiger partial charge in [-0.1, -0.05) is 13.0 Å². The van der Waals surface area contributed by atoms with Gasteiger partial charge in [0.2, 0.25) is 0 Å². The fraction of sp³-hybridized carbons (Fsp3) is 0.357. The van der Waals surface area contributed by atoms with Crippen molar-refractivity contribution in [1.82, 2.24) is 15.1 Å². The molecule has 1 unspecified atom stereocenters. The number of aryl methyl sites for hydroxylation is 1. The number of nitrogens with one attached hydrogen (secondary N) is 1. The largest absolute Gasteiger partial charge is 0.310 e. The highest BCUT2D eigenvalue weighted by Crippen LogP contribution is 2.21. The van der Waals surface area contributed by atoms with E-state index in [9.17, 15) is 8.78 Å². The van der Waals surface area contributed by atoms with E-state index in [-0.39, 0.29) is 6.04 Å². The Labute approximate surface area is 111 Å². The van der Waals surface area contributed by atoms with Crippen LogP contribution in [0, 0.1) is 11.6 Å². The molecule has 0 saturated heterocycles. The third-order valence-electron chi connectivity index (χ3n) is 2.97. The minimum absolute atomic E-state index is 0.208. The van der Waals surface area contributed by atoms with Crippen molar-refractivity contribution in [3.8, 4) is 0 Å². The molecule has 0 radical (unpaired) electrons. The van der Waals surface area contributed by atoms with Crippen molar-refractivity contribution >= 4 is 0 Å². The molecule has 102 valence electrons. The van der Waals surface area contributed by atoms with E-state index >= 15 is 0 Å². The minimum atomic E-state index is -0.561. The first-order valence-electron chi connectivity index (χ1n) is 6.27. The van der Waals surface area contributed by atoms with Gasteiger partial charge in [0.05, 0.1) is 5.69 Å². The lowest BCUT2D eigenvalue weighted by Crippen LogP contribution is -2.24. The zero-order valence-electron chi connectivity index (χ0n) is 11.0. The molecule has 0 fully saturated rings. The molecule has 1 aromatic carbocycles. The number of nitrogens with zero attached hydrogens (tertiary/aromatic N) is 2. The highest BCUT2D eigenvalue weighted by atomic mass is 19.1. The molecule has 0 aliphatic heterocycles. The van der Waals surface area contributed by atoms with Crippen LogP contribution >= 0.6 is 0 Å². The predicted octanol–water partition coefficient (Wildman–Crippen LogP) is 2.59. The zero-order valence-corrected chi connectivity index (χ0v) is 11.0. The van der Waals surface area contributed by atoms with Gasteiger partial charge in [-0.25, -0.2) is 8.78 Å². The van der Waals surface area contributed by atoms with Crippen LogP contribution in [0.1, 0.15) is 24.2 Å². The lowest BCUT2D eigenvalue weighted by atomic mass is 10.0. The summed E-state index contributed by atoms with van der Waals surface area (Å²) in [7, 11) is 1.84. The second kappa shape index (κ2) is 5.93. The molecule has 0 aliphatic rings. The molecular weight excluding hydrogens is 248 g/mol. The Morgan fingerprint density at radius 1 is 1.32 bits per heavy atom. The van der Waals surface area contributed by atoms with E-state index in [4.69, 9.17) is 0 Å². The average Bonchev–Trinajstić information content (AvgIpc) is 2.74. The first kappa shape index (κ1) is 13.7. The summed E-state index contributed by atoms with van der Waals surface area (Å²) in [6.07, 6.45) is 2.41. The monoisotopic (exact) mass is 265 g/mol. The Morgan fingerprint density at radius 2 is 2.11 bits per heavy atom. The number of likely N-dealkylation sites (N-methyl/N-ethyl adjacent to an activating group) is 1. The Kier molecular flexibility index (Phi) is 4.27. The lowest BCUT2D eigenvalue weighted by molar-refractivity contribution is 0.497. The van der Waals surface area contributed by atoms with Crippen LogP contribution in [0.25, 0.3) is 0 Å². The van der Waals surface area contributed by atoms with Gasteiger partial charge in [-0.05, 0) is 18.7 Å². The summed E-state index contributed by atoms with van der Waals surface area (Å²) < 4.78 is 28.5. The fourth-order valence-electron chi connectivity index (χ4n) is 2.10. The quantitative estimate of drug-likeness (QED) is 0.900. The van der Waals surface area contributed by atoms with Crippen LogP contribution in [-0.4, -0.2) is 16.3 Å². The molecule has 3 nitrogen and oxygen atoms in total. The van der Waals surface area contributed by atoms with Gasteiger partial charge in [-0.15, -0.1) is 0 Å². The molecule has 1 atom stereocenters. The third kappa shape index (κ3) is 3.38.